The molecule has 0 aromatic rings. The summed E-state index contributed by atoms with van der Waals surface area (Å²) in [5.74, 6) is 1.09. The number of methoxy groups -OCH3 is 1. The molecule has 0 bridgehead atoms. The third-order valence-corrected chi connectivity index (χ3v) is 3.84. The first-order valence-electron chi connectivity index (χ1n) is 7.50. The summed E-state index contributed by atoms with van der Waals surface area (Å²) in [6, 6.07) is 0.464. The summed E-state index contributed by atoms with van der Waals surface area (Å²) in [7, 11) is 3.86. The first kappa shape index (κ1) is 20.9. The van der Waals surface area contributed by atoms with Gasteiger partial charge in [-0.05, 0) is 13.0 Å². The number of nitrogens with zero attached hydrogens (tertiary/aromatic N) is 3. The van der Waals surface area contributed by atoms with E-state index in [-0.39, 0.29) is 24.0 Å². The molecule has 1 unspecified atom stereocenters. The number of likely N-dealkylation sites (N-methyl/N-ethyl adjacent to an activating group) is 1. The van der Waals surface area contributed by atoms with Gasteiger partial charge < -0.3 is 20.7 Å². The summed E-state index contributed by atoms with van der Waals surface area (Å²) in [6.07, 6.45) is 0. The lowest BCUT2D eigenvalue weighted by Crippen LogP contribution is -2.52. The minimum atomic E-state index is 0. The van der Waals surface area contributed by atoms with Crippen LogP contribution in [0.25, 0.3) is 0 Å². The molecule has 6 nitrogen and oxygen atoms in total. The Morgan fingerprint density at radius 2 is 1.90 bits per heavy atom. The molecule has 0 amide bonds. The van der Waals surface area contributed by atoms with Gasteiger partial charge in [0.1, 0.15) is 0 Å². The number of hydrogen-bond donors (Lipinski definition) is 2. The zero-order valence-electron chi connectivity index (χ0n) is 13.8. The highest BCUT2D eigenvalue weighted by Crippen LogP contribution is 2.13. The van der Waals surface area contributed by atoms with Crippen molar-refractivity contribution in [3.63, 3.8) is 0 Å². The lowest BCUT2D eigenvalue weighted by atomic mass is 10.0. The molecular weight excluding hydrogens is 381 g/mol. The quantitative estimate of drug-likeness (QED) is 0.274. The molecule has 1 atom stereocenters. The number of halogens is 1. The molecule has 0 spiro atoms. The Morgan fingerprint density at radius 3 is 2.43 bits per heavy atom. The van der Waals surface area contributed by atoms with Gasteiger partial charge in [0.15, 0.2) is 5.96 Å². The van der Waals surface area contributed by atoms with Crippen LogP contribution in [0.4, 0.5) is 0 Å². The van der Waals surface area contributed by atoms with E-state index in [1.165, 1.54) is 0 Å². The van der Waals surface area contributed by atoms with Crippen LogP contribution in [-0.2, 0) is 4.74 Å². The molecule has 1 rings (SSSR count). The lowest BCUT2D eigenvalue weighted by Gasteiger charge is -2.39. The average Bonchev–Trinajstić information content (AvgIpc) is 2.41. The Balaban J connectivity index is 0.00000400. The summed E-state index contributed by atoms with van der Waals surface area (Å²) >= 11 is 0. The van der Waals surface area contributed by atoms with E-state index in [4.69, 9.17) is 10.5 Å². The molecule has 3 N–H and O–H groups in total. The van der Waals surface area contributed by atoms with Gasteiger partial charge in [0.25, 0.3) is 0 Å². The fourth-order valence-electron chi connectivity index (χ4n) is 2.43. The second-order valence-electron chi connectivity index (χ2n) is 5.80. The van der Waals surface area contributed by atoms with Gasteiger partial charge >= 0.3 is 0 Å². The largest absolute Gasteiger partial charge is 0.383 e. The second-order valence-corrected chi connectivity index (χ2v) is 5.80. The van der Waals surface area contributed by atoms with E-state index in [9.17, 15) is 0 Å². The summed E-state index contributed by atoms with van der Waals surface area (Å²) in [5.41, 5.74) is 5.87. The summed E-state index contributed by atoms with van der Waals surface area (Å²) in [4.78, 5) is 9.40. The Labute approximate surface area is 146 Å². The number of nitrogens with one attached hydrogen (secondary N) is 1. The van der Waals surface area contributed by atoms with Gasteiger partial charge in [-0.1, -0.05) is 13.8 Å². The highest BCUT2D eigenvalue weighted by molar-refractivity contribution is 14.0. The van der Waals surface area contributed by atoms with Crippen molar-refractivity contribution in [3.8, 4) is 0 Å². The fraction of sp³-hybridized carbons (Fsp3) is 0.929. The van der Waals surface area contributed by atoms with E-state index in [1.54, 1.807) is 7.11 Å². The van der Waals surface area contributed by atoms with Gasteiger partial charge in [-0.25, -0.2) is 0 Å². The lowest BCUT2D eigenvalue weighted by molar-refractivity contribution is 0.0925. The molecule has 0 saturated carbocycles. The van der Waals surface area contributed by atoms with E-state index in [0.29, 0.717) is 31.1 Å². The standard InChI is InChI=1S/C14H31N5O.HI/c1-12(2)13(19-8-6-18(3)7-9-19)11-17-14(15)16-5-10-20-4;/h12-13H,5-11H2,1-4H3,(H3,15,16,17);1H. The predicted molar refractivity (Wildman–Crippen MR) is 99.5 cm³/mol. The maximum atomic E-state index is 5.87. The van der Waals surface area contributed by atoms with Gasteiger partial charge in [0.2, 0.25) is 0 Å². The van der Waals surface area contributed by atoms with Crippen molar-refractivity contribution in [1.29, 1.82) is 0 Å². The third-order valence-electron chi connectivity index (χ3n) is 3.84. The molecular formula is C14H32IN5O. The van der Waals surface area contributed by atoms with Crippen LogP contribution >= 0.6 is 24.0 Å². The maximum absolute atomic E-state index is 5.87. The van der Waals surface area contributed by atoms with Gasteiger partial charge in [0, 0.05) is 45.9 Å². The van der Waals surface area contributed by atoms with Crippen molar-refractivity contribution >= 4 is 29.9 Å². The molecule has 0 aromatic carbocycles. The van der Waals surface area contributed by atoms with Crippen molar-refractivity contribution in [2.24, 2.45) is 16.6 Å². The molecule has 1 heterocycles. The molecule has 0 aliphatic carbocycles. The van der Waals surface area contributed by atoms with Crippen molar-refractivity contribution in [2.45, 2.75) is 19.9 Å². The highest BCUT2D eigenvalue weighted by Gasteiger charge is 2.24. The Bertz CT molecular complexity index is 293. The second kappa shape index (κ2) is 11.4. The van der Waals surface area contributed by atoms with Gasteiger partial charge in [-0.3, -0.25) is 9.89 Å². The monoisotopic (exact) mass is 413 g/mol. The topological polar surface area (TPSA) is 66.1 Å². The summed E-state index contributed by atoms with van der Waals surface area (Å²) in [6.45, 7) is 11.1. The maximum Gasteiger partial charge on any atom is 0.188 e. The van der Waals surface area contributed by atoms with Crippen LogP contribution in [0.5, 0.6) is 0 Å². The Kier molecular flexibility index (Phi) is 11.4. The van der Waals surface area contributed by atoms with Gasteiger partial charge in [-0.2, -0.15) is 0 Å². The van der Waals surface area contributed by atoms with Crippen LogP contribution in [0.15, 0.2) is 4.99 Å². The molecule has 0 aromatic heterocycles. The van der Waals surface area contributed by atoms with Gasteiger partial charge in [0.05, 0.1) is 13.2 Å². The number of hydrogen-bond acceptors (Lipinski definition) is 4. The minimum absolute atomic E-state index is 0. The molecule has 1 aliphatic rings. The number of ether oxygens (including phenoxy) is 1. The predicted octanol–water partition coefficient (Wildman–Crippen LogP) is 0.427. The van der Waals surface area contributed by atoms with Crippen LogP contribution in [-0.4, -0.2) is 81.8 Å². The van der Waals surface area contributed by atoms with Gasteiger partial charge in [-0.15, -0.1) is 24.0 Å². The van der Waals surface area contributed by atoms with E-state index >= 15 is 0 Å². The molecule has 21 heavy (non-hydrogen) atoms. The number of nitrogens with two attached hydrogens (primary N) is 1. The van der Waals surface area contributed by atoms with E-state index < -0.39 is 0 Å². The van der Waals surface area contributed by atoms with Crippen LogP contribution < -0.4 is 11.1 Å². The molecule has 7 heteroatoms. The smallest absolute Gasteiger partial charge is 0.188 e. The van der Waals surface area contributed by atoms with E-state index in [0.717, 1.165) is 32.7 Å². The number of piperazine rings is 1. The summed E-state index contributed by atoms with van der Waals surface area (Å²) in [5, 5.41) is 3.06. The van der Waals surface area contributed by atoms with Crippen LogP contribution in [0.1, 0.15) is 13.8 Å². The molecule has 1 aliphatic heterocycles. The normalized spacial score (nSPS) is 19.4. The first-order chi connectivity index (χ1) is 9.54. The van der Waals surface area contributed by atoms with Crippen LogP contribution in [0.2, 0.25) is 0 Å². The van der Waals surface area contributed by atoms with Crippen molar-refractivity contribution < 1.29 is 4.74 Å². The number of aliphatic imine (C=N–C) groups is 1. The molecule has 126 valence electrons. The average molecular weight is 413 g/mol. The molecule has 1 saturated heterocycles. The summed E-state index contributed by atoms with van der Waals surface area (Å²) < 4.78 is 4.98. The fourth-order valence-corrected chi connectivity index (χ4v) is 2.43. The third kappa shape index (κ3) is 8.18. The highest BCUT2D eigenvalue weighted by atomic mass is 127. The van der Waals surface area contributed by atoms with Crippen LogP contribution in [0, 0.1) is 5.92 Å². The first-order valence-corrected chi connectivity index (χ1v) is 7.50. The van der Waals surface area contributed by atoms with Crippen molar-refractivity contribution in [3.05, 3.63) is 0 Å². The zero-order chi connectivity index (χ0) is 15.0. The molecule has 1 fully saturated rings. The van der Waals surface area contributed by atoms with E-state index in [1.807, 2.05) is 0 Å². The molecule has 0 radical (unpaired) electrons. The van der Waals surface area contributed by atoms with E-state index in [2.05, 4.69) is 41.0 Å². The SMILES string of the molecule is COCCNC(N)=NCC(C(C)C)N1CCN(C)CC1.I. The van der Waals surface area contributed by atoms with Crippen LogP contribution in [0.3, 0.4) is 0 Å². The zero-order valence-corrected chi connectivity index (χ0v) is 16.2. The Hall–Kier alpha value is -0.120. The number of rotatable bonds is 7. The Morgan fingerprint density at radius 1 is 1.29 bits per heavy atom. The van der Waals surface area contributed by atoms with Crippen molar-refractivity contribution in [1.82, 2.24) is 15.1 Å². The van der Waals surface area contributed by atoms with Crippen molar-refractivity contribution in [2.75, 3.05) is 60.0 Å². The number of guanidine groups is 1. The minimum Gasteiger partial charge on any atom is -0.383 e.